The summed E-state index contributed by atoms with van der Waals surface area (Å²) in [7, 11) is 0. The molecule has 1 heterocycles. The number of hydrogen-bond donors (Lipinski definition) is 3. The standard InChI is InChI=1S/C12H17FN2O2/c13-10-3-1-2-9(12(10)17)11(8-16)15-6-4-14-5-7-15/h1-3,11,14,16-17H,4-8H2/t11-/m0/s1. The fourth-order valence-electron chi connectivity index (χ4n) is 2.21. The van der Waals surface area contributed by atoms with Gasteiger partial charge < -0.3 is 15.5 Å². The van der Waals surface area contributed by atoms with E-state index in [4.69, 9.17) is 0 Å². The topological polar surface area (TPSA) is 55.7 Å². The van der Waals surface area contributed by atoms with Crippen molar-refractivity contribution >= 4 is 0 Å². The predicted octanol–water partition coefficient (Wildman–Crippen LogP) is 0.470. The summed E-state index contributed by atoms with van der Waals surface area (Å²) in [5, 5.41) is 22.4. The van der Waals surface area contributed by atoms with Crippen LogP contribution in [-0.4, -0.2) is 47.9 Å². The van der Waals surface area contributed by atoms with Crippen LogP contribution in [0.15, 0.2) is 18.2 Å². The van der Waals surface area contributed by atoms with E-state index in [1.165, 1.54) is 6.07 Å². The Bertz CT molecular complexity index is 381. The number of nitrogens with zero attached hydrogens (tertiary/aromatic N) is 1. The number of phenolic OH excluding ortho intramolecular Hbond substituents is 1. The van der Waals surface area contributed by atoms with Crippen LogP contribution in [0.3, 0.4) is 0 Å². The van der Waals surface area contributed by atoms with Crippen molar-refractivity contribution in [3.8, 4) is 5.75 Å². The van der Waals surface area contributed by atoms with Crippen LogP contribution in [0.5, 0.6) is 5.75 Å². The maximum atomic E-state index is 13.3. The number of phenols is 1. The third-order valence-electron chi connectivity index (χ3n) is 3.14. The fourth-order valence-corrected chi connectivity index (χ4v) is 2.21. The van der Waals surface area contributed by atoms with Crippen molar-refractivity contribution in [1.29, 1.82) is 0 Å². The summed E-state index contributed by atoms with van der Waals surface area (Å²) in [4.78, 5) is 2.05. The lowest BCUT2D eigenvalue weighted by atomic mass is 10.0. The first kappa shape index (κ1) is 12.3. The molecule has 1 fully saturated rings. The molecule has 0 aromatic heterocycles. The van der Waals surface area contributed by atoms with Crippen LogP contribution < -0.4 is 5.32 Å². The lowest BCUT2D eigenvalue weighted by Crippen LogP contribution is -2.46. The Balaban J connectivity index is 2.24. The number of piperazine rings is 1. The Morgan fingerprint density at radius 2 is 2.06 bits per heavy atom. The van der Waals surface area contributed by atoms with Crippen molar-refractivity contribution in [1.82, 2.24) is 10.2 Å². The number of benzene rings is 1. The minimum Gasteiger partial charge on any atom is -0.505 e. The highest BCUT2D eigenvalue weighted by Gasteiger charge is 2.24. The highest BCUT2D eigenvalue weighted by Crippen LogP contribution is 2.30. The molecular weight excluding hydrogens is 223 g/mol. The van der Waals surface area contributed by atoms with E-state index in [2.05, 4.69) is 5.32 Å². The van der Waals surface area contributed by atoms with Gasteiger partial charge >= 0.3 is 0 Å². The van der Waals surface area contributed by atoms with Gasteiger partial charge in [0, 0.05) is 31.7 Å². The molecular formula is C12H17FN2O2. The summed E-state index contributed by atoms with van der Waals surface area (Å²) in [6, 6.07) is 4.08. The summed E-state index contributed by atoms with van der Waals surface area (Å²) in [5.41, 5.74) is 0.453. The van der Waals surface area contributed by atoms with E-state index < -0.39 is 5.82 Å². The molecule has 0 spiro atoms. The molecule has 1 aromatic rings. The van der Waals surface area contributed by atoms with Crippen LogP contribution in [0, 0.1) is 5.82 Å². The summed E-state index contributed by atoms with van der Waals surface area (Å²) in [6.45, 7) is 3.11. The van der Waals surface area contributed by atoms with E-state index in [-0.39, 0.29) is 18.4 Å². The lowest BCUT2D eigenvalue weighted by Gasteiger charge is -2.34. The first-order chi connectivity index (χ1) is 8.24. The van der Waals surface area contributed by atoms with E-state index in [0.717, 1.165) is 26.2 Å². The van der Waals surface area contributed by atoms with Gasteiger partial charge in [0.1, 0.15) is 0 Å². The zero-order valence-corrected chi connectivity index (χ0v) is 9.56. The molecule has 0 radical (unpaired) electrons. The Morgan fingerprint density at radius 1 is 1.35 bits per heavy atom. The quantitative estimate of drug-likeness (QED) is 0.719. The van der Waals surface area contributed by atoms with E-state index in [1.54, 1.807) is 12.1 Å². The molecule has 0 amide bonds. The minimum absolute atomic E-state index is 0.128. The maximum absolute atomic E-state index is 13.3. The second kappa shape index (κ2) is 5.44. The minimum atomic E-state index is -0.643. The van der Waals surface area contributed by atoms with E-state index in [1.807, 2.05) is 4.90 Å². The molecule has 0 saturated carbocycles. The normalized spacial score (nSPS) is 19.2. The van der Waals surface area contributed by atoms with Crippen molar-refractivity contribution in [2.45, 2.75) is 6.04 Å². The van der Waals surface area contributed by atoms with Gasteiger partial charge in [-0.05, 0) is 6.07 Å². The van der Waals surface area contributed by atoms with Crippen LogP contribution in [0.1, 0.15) is 11.6 Å². The van der Waals surface area contributed by atoms with Crippen LogP contribution in [-0.2, 0) is 0 Å². The second-order valence-corrected chi connectivity index (χ2v) is 4.16. The van der Waals surface area contributed by atoms with Gasteiger partial charge in [0.05, 0.1) is 12.6 Å². The highest BCUT2D eigenvalue weighted by molar-refractivity contribution is 5.36. The number of nitrogens with one attached hydrogen (secondary N) is 1. The summed E-state index contributed by atoms with van der Waals surface area (Å²) in [6.07, 6.45) is 0. The largest absolute Gasteiger partial charge is 0.505 e. The molecule has 0 aliphatic carbocycles. The zero-order chi connectivity index (χ0) is 12.3. The van der Waals surface area contributed by atoms with Crippen molar-refractivity contribution in [3.05, 3.63) is 29.6 Å². The number of aromatic hydroxyl groups is 1. The van der Waals surface area contributed by atoms with Gasteiger partial charge in [0.25, 0.3) is 0 Å². The van der Waals surface area contributed by atoms with Crippen molar-refractivity contribution in [2.24, 2.45) is 0 Å². The van der Waals surface area contributed by atoms with Crippen LogP contribution in [0.2, 0.25) is 0 Å². The second-order valence-electron chi connectivity index (χ2n) is 4.16. The van der Waals surface area contributed by atoms with Gasteiger partial charge in [0.15, 0.2) is 11.6 Å². The van der Waals surface area contributed by atoms with E-state index in [0.29, 0.717) is 5.56 Å². The number of halogens is 1. The van der Waals surface area contributed by atoms with Crippen LogP contribution in [0.4, 0.5) is 4.39 Å². The van der Waals surface area contributed by atoms with Gasteiger partial charge in [0.2, 0.25) is 0 Å². The van der Waals surface area contributed by atoms with Crippen LogP contribution in [0.25, 0.3) is 0 Å². The summed E-state index contributed by atoms with van der Waals surface area (Å²) in [5.74, 6) is -0.999. The Morgan fingerprint density at radius 3 is 2.71 bits per heavy atom. The van der Waals surface area contributed by atoms with Gasteiger partial charge in [-0.3, -0.25) is 4.90 Å². The third-order valence-corrected chi connectivity index (χ3v) is 3.14. The fraction of sp³-hybridized carbons (Fsp3) is 0.500. The summed E-state index contributed by atoms with van der Waals surface area (Å²) >= 11 is 0. The Kier molecular flexibility index (Phi) is 3.93. The Hall–Kier alpha value is -1.17. The lowest BCUT2D eigenvalue weighted by molar-refractivity contribution is 0.108. The molecule has 17 heavy (non-hydrogen) atoms. The number of aliphatic hydroxyl groups excluding tert-OH is 1. The molecule has 0 unspecified atom stereocenters. The van der Waals surface area contributed by atoms with E-state index >= 15 is 0 Å². The predicted molar refractivity (Wildman–Crippen MR) is 62.3 cm³/mol. The first-order valence-electron chi connectivity index (χ1n) is 5.77. The zero-order valence-electron chi connectivity index (χ0n) is 9.56. The Labute approximate surface area is 99.7 Å². The average Bonchev–Trinajstić information content (AvgIpc) is 2.37. The molecule has 94 valence electrons. The summed E-state index contributed by atoms with van der Waals surface area (Å²) < 4.78 is 13.3. The smallest absolute Gasteiger partial charge is 0.165 e. The first-order valence-corrected chi connectivity index (χ1v) is 5.77. The number of hydrogen-bond acceptors (Lipinski definition) is 4. The maximum Gasteiger partial charge on any atom is 0.165 e. The SMILES string of the molecule is OC[C@@H](c1cccc(F)c1O)N1CCNCC1. The monoisotopic (exact) mass is 240 g/mol. The average molecular weight is 240 g/mol. The molecule has 3 N–H and O–H groups in total. The van der Waals surface area contributed by atoms with Crippen molar-refractivity contribution < 1.29 is 14.6 Å². The molecule has 0 bridgehead atoms. The third kappa shape index (κ3) is 2.57. The molecule has 1 saturated heterocycles. The highest BCUT2D eigenvalue weighted by atomic mass is 19.1. The number of para-hydroxylation sites is 1. The van der Waals surface area contributed by atoms with Gasteiger partial charge in [-0.25, -0.2) is 4.39 Å². The van der Waals surface area contributed by atoms with Gasteiger partial charge in [-0.1, -0.05) is 12.1 Å². The van der Waals surface area contributed by atoms with Crippen LogP contribution >= 0.6 is 0 Å². The van der Waals surface area contributed by atoms with E-state index in [9.17, 15) is 14.6 Å². The van der Waals surface area contributed by atoms with Crippen molar-refractivity contribution in [2.75, 3.05) is 32.8 Å². The molecule has 1 atom stereocenters. The molecule has 4 nitrogen and oxygen atoms in total. The molecule has 1 aliphatic rings. The molecule has 5 heteroatoms. The number of aliphatic hydroxyl groups is 1. The molecule has 2 rings (SSSR count). The van der Waals surface area contributed by atoms with Crippen molar-refractivity contribution in [3.63, 3.8) is 0 Å². The van der Waals surface area contributed by atoms with Gasteiger partial charge in [-0.15, -0.1) is 0 Å². The number of rotatable bonds is 3. The van der Waals surface area contributed by atoms with Gasteiger partial charge in [-0.2, -0.15) is 0 Å². The molecule has 1 aromatic carbocycles. The molecule has 1 aliphatic heterocycles.